The third-order valence-corrected chi connectivity index (χ3v) is 3.71. The highest BCUT2D eigenvalue weighted by atomic mass is 15.3. The van der Waals surface area contributed by atoms with E-state index in [4.69, 9.17) is 4.98 Å². The Kier molecular flexibility index (Phi) is 4.58. The van der Waals surface area contributed by atoms with Gasteiger partial charge in [0.2, 0.25) is 0 Å². The second kappa shape index (κ2) is 6.19. The normalized spacial score (nSPS) is 19.2. The van der Waals surface area contributed by atoms with E-state index < -0.39 is 0 Å². The fraction of sp³-hybridized carbons (Fsp3) is 0.714. The van der Waals surface area contributed by atoms with Crippen LogP contribution in [-0.4, -0.2) is 55.1 Å². The highest BCUT2D eigenvalue weighted by molar-refractivity contribution is 5.50. The average molecular weight is 263 g/mol. The number of nitrogens with one attached hydrogen (secondary N) is 1. The Balaban J connectivity index is 2.17. The third kappa shape index (κ3) is 3.35. The molecule has 2 rings (SSSR count). The minimum absolute atomic E-state index is 0.627. The van der Waals surface area contributed by atoms with Gasteiger partial charge in [-0.25, -0.2) is 9.97 Å². The Morgan fingerprint density at radius 1 is 1.42 bits per heavy atom. The second-order valence-electron chi connectivity index (χ2n) is 5.38. The summed E-state index contributed by atoms with van der Waals surface area (Å²) in [5, 5.41) is 3.14. The van der Waals surface area contributed by atoms with Crippen LogP contribution in [0.1, 0.15) is 25.6 Å². The lowest BCUT2D eigenvalue weighted by Gasteiger charge is -2.21. The van der Waals surface area contributed by atoms with Crippen molar-refractivity contribution in [3.63, 3.8) is 0 Å². The molecule has 19 heavy (non-hydrogen) atoms. The first kappa shape index (κ1) is 14.1. The zero-order chi connectivity index (χ0) is 13.8. The maximum absolute atomic E-state index is 4.70. The van der Waals surface area contributed by atoms with Gasteiger partial charge in [-0.3, -0.25) is 0 Å². The largest absolute Gasteiger partial charge is 0.373 e. The van der Waals surface area contributed by atoms with Crippen LogP contribution in [-0.2, 0) is 6.42 Å². The molecule has 2 heterocycles. The van der Waals surface area contributed by atoms with Crippen molar-refractivity contribution in [3.8, 4) is 0 Å². The van der Waals surface area contributed by atoms with Gasteiger partial charge in [0.1, 0.15) is 17.5 Å². The van der Waals surface area contributed by atoms with Crippen molar-refractivity contribution in [1.29, 1.82) is 0 Å². The lowest BCUT2D eigenvalue weighted by Crippen LogP contribution is -2.31. The molecule has 0 bridgehead atoms. The van der Waals surface area contributed by atoms with Gasteiger partial charge >= 0.3 is 0 Å². The Morgan fingerprint density at radius 3 is 2.79 bits per heavy atom. The van der Waals surface area contributed by atoms with Crippen molar-refractivity contribution in [1.82, 2.24) is 14.9 Å². The summed E-state index contributed by atoms with van der Waals surface area (Å²) in [7, 11) is 6.21. The predicted molar refractivity (Wildman–Crippen MR) is 79.9 cm³/mol. The van der Waals surface area contributed by atoms with Crippen molar-refractivity contribution in [2.45, 2.75) is 32.2 Å². The Hall–Kier alpha value is -1.36. The van der Waals surface area contributed by atoms with Gasteiger partial charge in [0.15, 0.2) is 0 Å². The minimum atomic E-state index is 0.627. The summed E-state index contributed by atoms with van der Waals surface area (Å²) in [6.45, 7) is 4.29. The number of hydrogen-bond acceptors (Lipinski definition) is 5. The molecule has 1 aromatic rings. The molecule has 1 fully saturated rings. The smallest absolute Gasteiger partial charge is 0.134 e. The quantitative estimate of drug-likeness (QED) is 0.874. The molecular weight excluding hydrogens is 238 g/mol. The van der Waals surface area contributed by atoms with E-state index in [1.807, 2.05) is 7.05 Å². The van der Waals surface area contributed by atoms with E-state index in [1.165, 1.54) is 6.42 Å². The maximum atomic E-state index is 4.70. The van der Waals surface area contributed by atoms with Crippen LogP contribution < -0.4 is 10.2 Å². The molecule has 0 aliphatic carbocycles. The number of aromatic nitrogens is 2. The van der Waals surface area contributed by atoms with Crippen LogP contribution in [0.25, 0.3) is 0 Å². The summed E-state index contributed by atoms with van der Waals surface area (Å²) in [6.07, 6.45) is 3.22. The highest BCUT2D eigenvalue weighted by Crippen LogP contribution is 2.22. The fourth-order valence-corrected chi connectivity index (χ4v) is 2.48. The van der Waals surface area contributed by atoms with Crippen LogP contribution in [0.3, 0.4) is 0 Å². The SMILES string of the molecule is CCCc1nc(NC)cc(N2CCC(N(C)C)C2)n1. The molecule has 0 spiro atoms. The van der Waals surface area contributed by atoms with Gasteiger partial charge in [-0.2, -0.15) is 0 Å². The molecule has 1 N–H and O–H groups in total. The molecule has 1 atom stereocenters. The van der Waals surface area contributed by atoms with Gasteiger partial charge in [0.25, 0.3) is 0 Å². The summed E-state index contributed by atoms with van der Waals surface area (Å²) in [5.74, 6) is 2.92. The van der Waals surface area contributed by atoms with Crippen molar-refractivity contribution >= 4 is 11.6 Å². The topological polar surface area (TPSA) is 44.3 Å². The number of anilines is 2. The Labute approximate surface area is 116 Å². The average Bonchev–Trinajstić information content (AvgIpc) is 2.88. The van der Waals surface area contributed by atoms with Crippen molar-refractivity contribution < 1.29 is 0 Å². The number of likely N-dealkylation sites (N-methyl/N-ethyl adjacent to an activating group) is 1. The number of nitrogens with zero attached hydrogens (tertiary/aromatic N) is 4. The zero-order valence-corrected chi connectivity index (χ0v) is 12.5. The molecular formula is C14H25N5. The van der Waals surface area contributed by atoms with Gasteiger partial charge in [0, 0.05) is 38.7 Å². The summed E-state index contributed by atoms with van der Waals surface area (Å²) in [5.41, 5.74) is 0. The molecule has 0 saturated carbocycles. The number of aryl methyl sites for hydroxylation is 1. The molecule has 1 saturated heterocycles. The fourth-order valence-electron chi connectivity index (χ4n) is 2.48. The van der Waals surface area contributed by atoms with Gasteiger partial charge in [-0.15, -0.1) is 0 Å². The monoisotopic (exact) mass is 263 g/mol. The van der Waals surface area contributed by atoms with E-state index in [0.717, 1.165) is 43.4 Å². The second-order valence-corrected chi connectivity index (χ2v) is 5.38. The standard InChI is InChI=1S/C14H25N5/c1-5-6-12-16-13(15-2)9-14(17-12)19-8-7-11(10-19)18(3)4/h9,11H,5-8,10H2,1-4H3,(H,15,16,17). The van der Waals surface area contributed by atoms with Crippen molar-refractivity contribution in [2.75, 3.05) is 44.4 Å². The van der Waals surface area contributed by atoms with Gasteiger partial charge in [-0.05, 0) is 26.9 Å². The summed E-state index contributed by atoms with van der Waals surface area (Å²) in [6, 6.07) is 2.68. The molecule has 1 unspecified atom stereocenters. The highest BCUT2D eigenvalue weighted by Gasteiger charge is 2.25. The molecule has 1 aliphatic rings. The predicted octanol–water partition coefficient (Wildman–Crippen LogP) is 1.61. The van der Waals surface area contributed by atoms with Gasteiger partial charge < -0.3 is 15.1 Å². The van der Waals surface area contributed by atoms with Crippen LogP contribution in [0.5, 0.6) is 0 Å². The zero-order valence-electron chi connectivity index (χ0n) is 12.5. The Morgan fingerprint density at radius 2 is 2.21 bits per heavy atom. The van der Waals surface area contributed by atoms with Crippen molar-refractivity contribution in [2.24, 2.45) is 0 Å². The third-order valence-electron chi connectivity index (χ3n) is 3.71. The summed E-state index contributed by atoms with van der Waals surface area (Å²) < 4.78 is 0. The molecule has 0 radical (unpaired) electrons. The first-order valence-electron chi connectivity index (χ1n) is 7.11. The van der Waals surface area contributed by atoms with Crippen LogP contribution in [0.2, 0.25) is 0 Å². The number of hydrogen-bond donors (Lipinski definition) is 1. The molecule has 1 aromatic heterocycles. The van der Waals surface area contributed by atoms with Crippen LogP contribution in [0.15, 0.2) is 6.07 Å². The summed E-state index contributed by atoms with van der Waals surface area (Å²) >= 11 is 0. The van der Waals surface area contributed by atoms with E-state index >= 15 is 0 Å². The Bertz CT molecular complexity index is 418. The van der Waals surface area contributed by atoms with E-state index in [-0.39, 0.29) is 0 Å². The van der Waals surface area contributed by atoms with E-state index in [1.54, 1.807) is 0 Å². The van der Waals surface area contributed by atoms with E-state index in [9.17, 15) is 0 Å². The minimum Gasteiger partial charge on any atom is -0.373 e. The molecule has 0 aromatic carbocycles. The van der Waals surface area contributed by atoms with Crippen molar-refractivity contribution in [3.05, 3.63) is 11.9 Å². The first-order chi connectivity index (χ1) is 9.13. The maximum Gasteiger partial charge on any atom is 0.134 e. The molecule has 5 heteroatoms. The lowest BCUT2D eigenvalue weighted by molar-refractivity contribution is 0.315. The molecule has 106 valence electrons. The summed E-state index contributed by atoms with van der Waals surface area (Å²) in [4.78, 5) is 13.9. The van der Waals surface area contributed by atoms with Crippen LogP contribution in [0, 0.1) is 0 Å². The van der Waals surface area contributed by atoms with Crippen LogP contribution in [0.4, 0.5) is 11.6 Å². The molecule has 0 amide bonds. The van der Waals surface area contributed by atoms with Gasteiger partial charge in [0.05, 0.1) is 0 Å². The molecule has 1 aliphatic heterocycles. The van der Waals surface area contributed by atoms with Gasteiger partial charge in [-0.1, -0.05) is 6.92 Å². The van der Waals surface area contributed by atoms with E-state index in [0.29, 0.717) is 6.04 Å². The van der Waals surface area contributed by atoms with Crippen LogP contribution >= 0.6 is 0 Å². The number of rotatable bonds is 5. The molecule has 5 nitrogen and oxygen atoms in total. The lowest BCUT2D eigenvalue weighted by atomic mass is 10.2. The first-order valence-corrected chi connectivity index (χ1v) is 7.11. The van der Waals surface area contributed by atoms with E-state index in [2.05, 4.69) is 47.2 Å².